The van der Waals surface area contributed by atoms with Gasteiger partial charge >= 0.3 is 0 Å². The number of hydrogen-bond acceptors (Lipinski definition) is 2. The summed E-state index contributed by atoms with van der Waals surface area (Å²) in [5.41, 5.74) is 0.144. The quantitative estimate of drug-likeness (QED) is 0.638. The Bertz CT molecular complexity index is 299. The smallest absolute Gasteiger partial charge is 0.136 e. The standard InChI is InChI=1S/C16H28O2/c1-4-6-12(5-2)7-8-14(17)13-9-10-16(3)15(11-13)18-16/h12-13,15H,4-11H2,1-3H3. The number of hydrogen-bond donors (Lipinski definition) is 0. The van der Waals surface area contributed by atoms with Crippen LogP contribution in [0.1, 0.15) is 72.1 Å². The summed E-state index contributed by atoms with van der Waals surface area (Å²) in [5, 5.41) is 0. The van der Waals surface area contributed by atoms with Crippen molar-refractivity contribution in [2.75, 3.05) is 0 Å². The van der Waals surface area contributed by atoms with Gasteiger partial charge in [-0.1, -0.05) is 33.1 Å². The molecule has 104 valence electrons. The molecule has 2 heteroatoms. The van der Waals surface area contributed by atoms with Crippen molar-refractivity contribution in [2.24, 2.45) is 11.8 Å². The summed E-state index contributed by atoms with van der Waals surface area (Å²) in [6, 6.07) is 0. The maximum absolute atomic E-state index is 12.2. The molecule has 1 aliphatic carbocycles. The van der Waals surface area contributed by atoms with Gasteiger partial charge in [0.15, 0.2) is 0 Å². The summed E-state index contributed by atoms with van der Waals surface area (Å²) in [6.07, 6.45) is 9.14. The van der Waals surface area contributed by atoms with Gasteiger partial charge < -0.3 is 4.74 Å². The van der Waals surface area contributed by atoms with Crippen LogP contribution in [0.2, 0.25) is 0 Å². The van der Waals surface area contributed by atoms with Gasteiger partial charge in [-0.3, -0.25) is 4.79 Å². The van der Waals surface area contributed by atoms with E-state index in [2.05, 4.69) is 20.8 Å². The highest BCUT2D eigenvalue weighted by Gasteiger charge is 2.55. The number of ether oxygens (including phenoxy) is 1. The Morgan fingerprint density at radius 2 is 2.17 bits per heavy atom. The van der Waals surface area contributed by atoms with E-state index in [0.717, 1.165) is 38.0 Å². The zero-order valence-corrected chi connectivity index (χ0v) is 12.2. The minimum atomic E-state index is 0.144. The summed E-state index contributed by atoms with van der Waals surface area (Å²) in [6.45, 7) is 6.67. The molecular weight excluding hydrogens is 224 g/mol. The molecule has 2 rings (SSSR count). The molecule has 0 amide bonds. The van der Waals surface area contributed by atoms with E-state index in [9.17, 15) is 4.79 Å². The summed E-state index contributed by atoms with van der Waals surface area (Å²) in [4.78, 5) is 12.2. The van der Waals surface area contributed by atoms with Crippen molar-refractivity contribution in [3.8, 4) is 0 Å². The van der Waals surface area contributed by atoms with Crippen LogP contribution in [-0.2, 0) is 9.53 Å². The molecule has 1 saturated carbocycles. The molecule has 4 unspecified atom stereocenters. The first-order valence-corrected chi connectivity index (χ1v) is 7.79. The van der Waals surface area contributed by atoms with E-state index in [4.69, 9.17) is 4.74 Å². The molecule has 1 aliphatic heterocycles. The molecule has 0 radical (unpaired) electrons. The second kappa shape index (κ2) is 5.73. The van der Waals surface area contributed by atoms with Gasteiger partial charge in [0.1, 0.15) is 5.78 Å². The van der Waals surface area contributed by atoms with E-state index >= 15 is 0 Å². The Kier molecular flexibility index (Phi) is 4.47. The third-order valence-electron chi connectivity index (χ3n) is 5.05. The van der Waals surface area contributed by atoms with Crippen LogP contribution in [0.4, 0.5) is 0 Å². The number of epoxide rings is 1. The second-order valence-electron chi connectivity index (χ2n) is 6.46. The van der Waals surface area contributed by atoms with Crippen LogP contribution in [0.3, 0.4) is 0 Å². The van der Waals surface area contributed by atoms with Gasteiger partial charge in [-0.15, -0.1) is 0 Å². The van der Waals surface area contributed by atoms with Gasteiger partial charge in [-0.05, 0) is 38.5 Å². The second-order valence-corrected chi connectivity index (χ2v) is 6.46. The first-order chi connectivity index (χ1) is 8.59. The van der Waals surface area contributed by atoms with Crippen LogP contribution in [0.25, 0.3) is 0 Å². The SMILES string of the molecule is CCCC(CC)CCC(=O)C1CCC2(C)OC2C1. The van der Waals surface area contributed by atoms with Gasteiger partial charge in [0.2, 0.25) is 0 Å². The number of Topliss-reactive ketones (excluding diaryl/α,β-unsaturated/α-hetero) is 1. The van der Waals surface area contributed by atoms with E-state index in [0.29, 0.717) is 17.8 Å². The molecule has 0 aromatic carbocycles. The number of ketones is 1. The maximum Gasteiger partial charge on any atom is 0.136 e. The normalized spacial score (nSPS) is 35.9. The lowest BCUT2D eigenvalue weighted by Gasteiger charge is -2.22. The zero-order chi connectivity index (χ0) is 13.2. The van der Waals surface area contributed by atoms with Crippen LogP contribution in [0.15, 0.2) is 0 Å². The lowest BCUT2D eigenvalue weighted by molar-refractivity contribution is -0.124. The van der Waals surface area contributed by atoms with Gasteiger partial charge in [0.05, 0.1) is 11.7 Å². The number of carbonyl (C=O) groups excluding carboxylic acids is 1. The first kappa shape index (κ1) is 14.0. The third kappa shape index (κ3) is 3.14. The van der Waals surface area contributed by atoms with Crippen LogP contribution in [0, 0.1) is 11.8 Å². The Hall–Kier alpha value is -0.370. The monoisotopic (exact) mass is 252 g/mol. The average molecular weight is 252 g/mol. The van der Waals surface area contributed by atoms with Crippen molar-refractivity contribution in [3.63, 3.8) is 0 Å². The molecular formula is C16H28O2. The molecule has 1 heterocycles. The molecule has 1 saturated heterocycles. The Labute approximate surface area is 111 Å². The molecule has 18 heavy (non-hydrogen) atoms. The molecule has 0 aromatic heterocycles. The fourth-order valence-electron chi connectivity index (χ4n) is 3.45. The summed E-state index contributed by atoms with van der Waals surface area (Å²) in [7, 11) is 0. The van der Waals surface area contributed by atoms with Gasteiger partial charge in [0.25, 0.3) is 0 Å². The highest BCUT2D eigenvalue weighted by Crippen LogP contribution is 2.49. The Balaban J connectivity index is 1.71. The lowest BCUT2D eigenvalue weighted by atomic mass is 9.79. The molecule has 0 spiro atoms. The van der Waals surface area contributed by atoms with Crippen molar-refractivity contribution >= 4 is 5.78 Å². The summed E-state index contributed by atoms with van der Waals surface area (Å²) in [5.74, 6) is 1.55. The Morgan fingerprint density at radius 3 is 2.78 bits per heavy atom. The highest BCUT2D eigenvalue weighted by molar-refractivity contribution is 5.81. The Morgan fingerprint density at radius 1 is 1.39 bits per heavy atom. The highest BCUT2D eigenvalue weighted by atomic mass is 16.6. The van der Waals surface area contributed by atoms with Crippen molar-refractivity contribution in [2.45, 2.75) is 83.8 Å². The van der Waals surface area contributed by atoms with Crippen LogP contribution in [0.5, 0.6) is 0 Å². The van der Waals surface area contributed by atoms with Crippen molar-refractivity contribution < 1.29 is 9.53 Å². The topological polar surface area (TPSA) is 29.6 Å². The van der Waals surface area contributed by atoms with Crippen LogP contribution in [-0.4, -0.2) is 17.5 Å². The van der Waals surface area contributed by atoms with E-state index in [1.165, 1.54) is 19.3 Å². The third-order valence-corrected chi connectivity index (χ3v) is 5.05. The van der Waals surface area contributed by atoms with Crippen molar-refractivity contribution in [1.29, 1.82) is 0 Å². The van der Waals surface area contributed by atoms with E-state index in [1.807, 2.05) is 0 Å². The number of carbonyl (C=O) groups is 1. The first-order valence-electron chi connectivity index (χ1n) is 7.79. The zero-order valence-electron chi connectivity index (χ0n) is 12.2. The molecule has 0 aromatic rings. The minimum Gasteiger partial charge on any atom is -0.366 e. The predicted molar refractivity (Wildman–Crippen MR) is 73.5 cm³/mol. The van der Waals surface area contributed by atoms with Crippen molar-refractivity contribution in [1.82, 2.24) is 0 Å². The van der Waals surface area contributed by atoms with Gasteiger partial charge in [-0.2, -0.15) is 0 Å². The molecule has 0 bridgehead atoms. The molecule has 2 nitrogen and oxygen atoms in total. The molecule has 2 aliphatic rings. The molecule has 2 fully saturated rings. The number of rotatable bonds is 7. The van der Waals surface area contributed by atoms with Crippen LogP contribution < -0.4 is 0 Å². The fourth-order valence-corrected chi connectivity index (χ4v) is 3.45. The predicted octanol–water partition coefficient (Wildman–Crippen LogP) is 4.12. The number of fused-ring (bicyclic) bond motifs is 1. The van der Waals surface area contributed by atoms with Crippen LogP contribution >= 0.6 is 0 Å². The van der Waals surface area contributed by atoms with E-state index in [1.54, 1.807) is 0 Å². The summed E-state index contributed by atoms with van der Waals surface area (Å²) >= 11 is 0. The van der Waals surface area contributed by atoms with E-state index < -0.39 is 0 Å². The van der Waals surface area contributed by atoms with Gasteiger partial charge in [0, 0.05) is 12.3 Å². The fraction of sp³-hybridized carbons (Fsp3) is 0.938. The summed E-state index contributed by atoms with van der Waals surface area (Å²) < 4.78 is 5.68. The van der Waals surface area contributed by atoms with E-state index in [-0.39, 0.29) is 5.60 Å². The van der Waals surface area contributed by atoms with Gasteiger partial charge in [-0.25, -0.2) is 0 Å². The molecule has 4 atom stereocenters. The molecule has 0 N–H and O–H groups in total. The maximum atomic E-state index is 12.2. The largest absolute Gasteiger partial charge is 0.366 e. The average Bonchev–Trinajstić information content (AvgIpc) is 3.04. The van der Waals surface area contributed by atoms with Crippen molar-refractivity contribution in [3.05, 3.63) is 0 Å². The lowest BCUT2D eigenvalue weighted by Crippen LogP contribution is -2.26. The minimum absolute atomic E-state index is 0.144.